The maximum atomic E-state index is 5.32. The van der Waals surface area contributed by atoms with Gasteiger partial charge in [-0.1, -0.05) is 32.6 Å². The Hall–Kier alpha value is -0.120. The smallest absolute Gasteiger partial charge is 0.182 e. The summed E-state index contributed by atoms with van der Waals surface area (Å²) in [6, 6.07) is 0. The normalized spacial score (nSPS) is 13.5. The van der Waals surface area contributed by atoms with Crippen LogP contribution in [0.3, 0.4) is 0 Å². The van der Waals surface area contributed by atoms with E-state index in [1.807, 2.05) is 0 Å². The number of rotatable bonds is 9. The molecular formula is C11H24O3. The summed E-state index contributed by atoms with van der Waals surface area (Å²) in [4.78, 5) is 0. The van der Waals surface area contributed by atoms with Gasteiger partial charge in [-0.15, -0.1) is 0 Å². The van der Waals surface area contributed by atoms with Crippen LogP contribution in [0.5, 0.6) is 0 Å². The molecule has 0 fully saturated rings. The highest BCUT2D eigenvalue weighted by atomic mass is 16.7. The standard InChI is InChI=1S/C11H24O3/c1-5-6-7-8-9-10(12-2)11(13-3)14-4/h10-11H,5-9H2,1-4H3. The van der Waals surface area contributed by atoms with Gasteiger partial charge in [0.2, 0.25) is 0 Å². The van der Waals surface area contributed by atoms with Crippen molar-refractivity contribution in [3.8, 4) is 0 Å². The topological polar surface area (TPSA) is 27.7 Å². The van der Waals surface area contributed by atoms with E-state index in [2.05, 4.69) is 6.92 Å². The Morgan fingerprint density at radius 2 is 1.50 bits per heavy atom. The van der Waals surface area contributed by atoms with Crippen LogP contribution in [0.4, 0.5) is 0 Å². The molecule has 0 amide bonds. The van der Waals surface area contributed by atoms with Gasteiger partial charge < -0.3 is 14.2 Å². The van der Waals surface area contributed by atoms with Crippen molar-refractivity contribution in [3.05, 3.63) is 0 Å². The molecular weight excluding hydrogens is 180 g/mol. The lowest BCUT2D eigenvalue weighted by molar-refractivity contribution is -0.174. The van der Waals surface area contributed by atoms with E-state index >= 15 is 0 Å². The zero-order valence-corrected chi connectivity index (χ0v) is 9.91. The molecule has 0 spiro atoms. The molecule has 0 aliphatic heterocycles. The van der Waals surface area contributed by atoms with E-state index < -0.39 is 0 Å². The zero-order valence-electron chi connectivity index (χ0n) is 9.91. The minimum Gasteiger partial charge on any atom is -0.376 e. The molecule has 0 aromatic carbocycles. The minimum absolute atomic E-state index is 0.0573. The molecule has 3 nitrogen and oxygen atoms in total. The molecule has 14 heavy (non-hydrogen) atoms. The first-order chi connectivity index (χ1) is 6.79. The fourth-order valence-corrected chi connectivity index (χ4v) is 1.54. The second-order valence-electron chi connectivity index (χ2n) is 3.46. The van der Waals surface area contributed by atoms with Crippen molar-refractivity contribution >= 4 is 0 Å². The van der Waals surface area contributed by atoms with E-state index in [4.69, 9.17) is 14.2 Å². The van der Waals surface area contributed by atoms with Gasteiger partial charge in [-0.05, 0) is 6.42 Å². The lowest BCUT2D eigenvalue weighted by Crippen LogP contribution is -2.31. The van der Waals surface area contributed by atoms with Gasteiger partial charge in [-0.3, -0.25) is 0 Å². The van der Waals surface area contributed by atoms with E-state index in [0.717, 1.165) is 6.42 Å². The highest BCUT2D eigenvalue weighted by Gasteiger charge is 2.19. The highest BCUT2D eigenvalue weighted by molar-refractivity contribution is 4.62. The third-order valence-corrected chi connectivity index (χ3v) is 2.41. The minimum atomic E-state index is -0.235. The molecule has 1 atom stereocenters. The van der Waals surface area contributed by atoms with Crippen molar-refractivity contribution in [1.82, 2.24) is 0 Å². The zero-order chi connectivity index (χ0) is 10.8. The van der Waals surface area contributed by atoms with Crippen LogP contribution in [0.15, 0.2) is 0 Å². The molecule has 3 heteroatoms. The molecule has 0 radical (unpaired) electrons. The molecule has 0 heterocycles. The Bertz CT molecular complexity index is 113. The van der Waals surface area contributed by atoms with Gasteiger partial charge in [0, 0.05) is 21.3 Å². The Labute approximate surface area is 87.7 Å². The number of ether oxygens (including phenoxy) is 3. The SMILES string of the molecule is CCCCCCC(OC)C(OC)OC. The molecule has 0 bridgehead atoms. The molecule has 0 aromatic heterocycles. The first-order valence-corrected chi connectivity index (χ1v) is 5.38. The lowest BCUT2D eigenvalue weighted by Gasteiger charge is -2.23. The third kappa shape index (κ3) is 5.58. The quantitative estimate of drug-likeness (QED) is 0.427. The average Bonchev–Trinajstić information content (AvgIpc) is 2.23. The molecule has 0 rings (SSSR count). The van der Waals surface area contributed by atoms with Crippen molar-refractivity contribution in [2.24, 2.45) is 0 Å². The molecule has 0 N–H and O–H groups in total. The summed E-state index contributed by atoms with van der Waals surface area (Å²) in [6.07, 6.45) is 5.81. The second kappa shape index (κ2) is 9.44. The van der Waals surface area contributed by atoms with Crippen LogP contribution in [-0.2, 0) is 14.2 Å². The van der Waals surface area contributed by atoms with E-state index in [0.29, 0.717) is 0 Å². The average molecular weight is 204 g/mol. The molecule has 86 valence electrons. The van der Waals surface area contributed by atoms with Crippen molar-refractivity contribution < 1.29 is 14.2 Å². The van der Waals surface area contributed by atoms with Crippen molar-refractivity contribution in [2.45, 2.75) is 51.4 Å². The van der Waals surface area contributed by atoms with E-state index in [1.54, 1.807) is 21.3 Å². The van der Waals surface area contributed by atoms with Gasteiger partial charge in [0.1, 0.15) is 6.10 Å². The Kier molecular flexibility index (Phi) is 9.35. The van der Waals surface area contributed by atoms with Crippen LogP contribution in [0.25, 0.3) is 0 Å². The monoisotopic (exact) mass is 204 g/mol. The van der Waals surface area contributed by atoms with Gasteiger partial charge in [-0.25, -0.2) is 0 Å². The highest BCUT2D eigenvalue weighted by Crippen LogP contribution is 2.13. The summed E-state index contributed by atoms with van der Waals surface area (Å²) in [7, 11) is 4.99. The van der Waals surface area contributed by atoms with Crippen molar-refractivity contribution in [2.75, 3.05) is 21.3 Å². The maximum Gasteiger partial charge on any atom is 0.182 e. The molecule has 0 saturated heterocycles. The number of hydrogen-bond donors (Lipinski definition) is 0. The summed E-state index contributed by atoms with van der Waals surface area (Å²) in [5.41, 5.74) is 0. The summed E-state index contributed by atoms with van der Waals surface area (Å²) in [5.74, 6) is 0. The molecule has 0 saturated carbocycles. The van der Waals surface area contributed by atoms with Gasteiger partial charge in [-0.2, -0.15) is 0 Å². The fourth-order valence-electron chi connectivity index (χ4n) is 1.54. The van der Waals surface area contributed by atoms with Gasteiger partial charge in [0.15, 0.2) is 6.29 Å². The summed E-state index contributed by atoms with van der Waals surface area (Å²) in [5, 5.41) is 0. The van der Waals surface area contributed by atoms with Crippen LogP contribution in [0.1, 0.15) is 39.0 Å². The Morgan fingerprint density at radius 3 is 1.93 bits per heavy atom. The van der Waals surface area contributed by atoms with Crippen molar-refractivity contribution in [3.63, 3.8) is 0 Å². The fraction of sp³-hybridized carbons (Fsp3) is 1.00. The Balaban J connectivity index is 3.65. The third-order valence-electron chi connectivity index (χ3n) is 2.41. The molecule has 0 aromatic rings. The first kappa shape index (κ1) is 13.9. The molecule has 1 unspecified atom stereocenters. The van der Waals surface area contributed by atoms with Gasteiger partial charge >= 0.3 is 0 Å². The number of methoxy groups -OCH3 is 3. The van der Waals surface area contributed by atoms with E-state index in [-0.39, 0.29) is 12.4 Å². The van der Waals surface area contributed by atoms with E-state index in [9.17, 15) is 0 Å². The summed E-state index contributed by atoms with van der Waals surface area (Å²) in [6.45, 7) is 2.21. The van der Waals surface area contributed by atoms with Crippen molar-refractivity contribution in [1.29, 1.82) is 0 Å². The first-order valence-electron chi connectivity index (χ1n) is 5.38. The van der Waals surface area contributed by atoms with Gasteiger partial charge in [0.25, 0.3) is 0 Å². The molecule has 0 aliphatic rings. The van der Waals surface area contributed by atoms with Crippen LogP contribution < -0.4 is 0 Å². The van der Waals surface area contributed by atoms with Gasteiger partial charge in [0.05, 0.1) is 0 Å². The van der Waals surface area contributed by atoms with Crippen LogP contribution in [-0.4, -0.2) is 33.7 Å². The summed E-state index contributed by atoms with van der Waals surface area (Å²) < 4.78 is 15.6. The second-order valence-corrected chi connectivity index (χ2v) is 3.46. The largest absolute Gasteiger partial charge is 0.376 e. The van der Waals surface area contributed by atoms with Crippen LogP contribution >= 0.6 is 0 Å². The molecule has 0 aliphatic carbocycles. The van der Waals surface area contributed by atoms with Crippen LogP contribution in [0.2, 0.25) is 0 Å². The number of unbranched alkanes of at least 4 members (excludes halogenated alkanes) is 3. The summed E-state index contributed by atoms with van der Waals surface area (Å²) >= 11 is 0. The maximum absolute atomic E-state index is 5.32. The number of hydrogen-bond acceptors (Lipinski definition) is 3. The predicted molar refractivity (Wildman–Crippen MR) is 57.4 cm³/mol. The lowest BCUT2D eigenvalue weighted by atomic mass is 10.1. The predicted octanol–water partition coefficient (Wildman–Crippen LogP) is 2.59. The Morgan fingerprint density at radius 1 is 0.857 bits per heavy atom. The van der Waals surface area contributed by atoms with E-state index in [1.165, 1.54) is 25.7 Å². The van der Waals surface area contributed by atoms with Crippen LogP contribution in [0, 0.1) is 0 Å².